The molecule has 4 amide bonds. The summed E-state index contributed by atoms with van der Waals surface area (Å²) < 4.78 is 5.32. The number of rotatable bonds is 11. The number of nitrogens with zero attached hydrogens (tertiary/aromatic N) is 1. The van der Waals surface area contributed by atoms with Crippen molar-refractivity contribution in [3.8, 4) is 16.9 Å². The van der Waals surface area contributed by atoms with Gasteiger partial charge in [0.15, 0.2) is 6.04 Å². The second-order valence-corrected chi connectivity index (χ2v) is 7.29. The van der Waals surface area contributed by atoms with Gasteiger partial charge in [0.05, 0.1) is 6.61 Å². The number of hydroxylamine groups is 1. The summed E-state index contributed by atoms with van der Waals surface area (Å²) in [6.07, 6.45) is 0. The SMILES string of the molecule is CC(=O)N(C)CCNC(=O)C(NC(=O)c1ccc(-c2ccc(OCCO)cc2)cc1)C(=O)NO. The summed E-state index contributed by atoms with van der Waals surface area (Å²) in [6, 6.07) is 12.0. The molecule has 0 saturated carbocycles. The number of hydrogen-bond acceptors (Lipinski definition) is 7. The lowest BCUT2D eigenvalue weighted by molar-refractivity contribution is -0.137. The molecule has 0 bridgehead atoms. The van der Waals surface area contributed by atoms with E-state index in [-0.39, 0.29) is 37.8 Å². The number of ether oxygens (including phenoxy) is 1. The summed E-state index contributed by atoms with van der Waals surface area (Å²) in [5, 5.41) is 22.5. The zero-order valence-electron chi connectivity index (χ0n) is 18.9. The normalized spacial score (nSPS) is 11.2. The largest absolute Gasteiger partial charge is 0.491 e. The first kappa shape index (κ1) is 26.3. The van der Waals surface area contributed by atoms with Gasteiger partial charge in [0.25, 0.3) is 17.7 Å². The standard InChI is InChI=1S/C23H28N4O7/c1-15(29)27(2)12-11-24-22(31)20(23(32)26-33)25-21(30)18-5-3-16(4-6-18)17-7-9-19(10-8-17)34-14-13-28/h3-10,20,28,33H,11-14H2,1-2H3,(H,24,31)(H,25,30)(H,26,32). The minimum Gasteiger partial charge on any atom is -0.491 e. The Hall–Kier alpha value is -3.96. The molecule has 0 aliphatic carbocycles. The van der Waals surface area contributed by atoms with Crippen molar-refractivity contribution in [3.63, 3.8) is 0 Å². The summed E-state index contributed by atoms with van der Waals surface area (Å²) in [6.45, 7) is 1.76. The van der Waals surface area contributed by atoms with E-state index in [1.165, 1.54) is 29.4 Å². The highest BCUT2D eigenvalue weighted by Gasteiger charge is 2.28. The molecule has 2 aromatic carbocycles. The van der Waals surface area contributed by atoms with Gasteiger partial charge < -0.3 is 25.4 Å². The minimum atomic E-state index is -1.67. The van der Waals surface area contributed by atoms with Gasteiger partial charge >= 0.3 is 0 Å². The average molecular weight is 472 g/mol. The van der Waals surface area contributed by atoms with E-state index in [0.717, 1.165) is 11.1 Å². The van der Waals surface area contributed by atoms with E-state index in [1.54, 1.807) is 31.3 Å². The average Bonchev–Trinajstić information content (AvgIpc) is 2.85. The highest BCUT2D eigenvalue weighted by Crippen LogP contribution is 2.23. The summed E-state index contributed by atoms with van der Waals surface area (Å²) in [4.78, 5) is 49.5. The number of hydrogen-bond donors (Lipinski definition) is 5. The Morgan fingerprint density at radius 1 is 0.971 bits per heavy atom. The van der Waals surface area contributed by atoms with Crippen molar-refractivity contribution in [2.24, 2.45) is 0 Å². The molecular formula is C23H28N4O7. The third-order valence-corrected chi connectivity index (χ3v) is 4.89. The Morgan fingerprint density at radius 2 is 1.56 bits per heavy atom. The monoisotopic (exact) mass is 472 g/mol. The topological polar surface area (TPSA) is 157 Å². The quantitative estimate of drug-likeness (QED) is 0.174. The van der Waals surface area contributed by atoms with E-state index in [9.17, 15) is 19.2 Å². The molecule has 5 N–H and O–H groups in total. The first-order chi connectivity index (χ1) is 16.3. The zero-order valence-corrected chi connectivity index (χ0v) is 18.9. The van der Waals surface area contributed by atoms with E-state index < -0.39 is 23.8 Å². The first-order valence-electron chi connectivity index (χ1n) is 10.4. The van der Waals surface area contributed by atoms with Crippen LogP contribution in [0.2, 0.25) is 0 Å². The first-order valence-corrected chi connectivity index (χ1v) is 10.4. The van der Waals surface area contributed by atoms with Crippen LogP contribution in [0.3, 0.4) is 0 Å². The molecule has 0 heterocycles. The molecule has 0 saturated heterocycles. The number of benzene rings is 2. The third kappa shape index (κ3) is 7.57. The fourth-order valence-corrected chi connectivity index (χ4v) is 2.86. The van der Waals surface area contributed by atoms with Gasteiger partial charge in [0.2, 0.25) is 5.91 Å². The number of amides is 4. The molecule has 0 fully saturated rings. The van der Waals surface area contributed by atoms with Crippen LogP contribution in [-0.4, -0.2) is 78.2 Å². The Bertz CT molecular complexity index is 993. The van der Waals surface area contributed by atoms with Crippen molar-refractivity contribution < 1.29 is 34.2 Å². The van der Waals surface area contributed by atoms with Crippen LogP contribution in [0, 0.1) is 0 Å². The van der Waals surface area contributed by atoms with Crippen molar-refractivity contribution in [2.45, 2.75) is 13.0 Å². The molecular weight excluding hydrogens is 444 g/mol. The van der Waals surface area contributed by atoms with Crippen LogP contribution >= 0.6 is 0 Å². The molecule has 11 nitrogen and oxygen atoms in total. The lowest BCUT2D eigenvalue weighted by atomic mass is 10.0. The lowest BCUT2D eigenvalue weighted by Gasteiger charge is -2.19. The van der Waals surface area contributed by atoms with Gasteiger partial charge in [-0.25, -0.2) is 5.48 Å². The maximum Gasteiger partial charge on any atom is 0.275 e. The van der Waals surface area contributed by atoms with Crippen LogP contribution in [0.4, 0.5) is 0 Å². The van der Waals surface area contributed by atoms with Gasteiger partial charge in [-0.1, -0.05) is 24.3 Å². The number of nitrogens with one attached hydrogen (secondary N) is 3. The fraction of sp³-hybridized carbons (Fsp3) is 0.304. The molecule has 2 aromatic rings. The van der Waals surface area contributed by atoms with Crippen LogP contribution in [0.5, 0.6) is 5.75 Å². The van der Waals surface area contributed by atoms with E-state index in [2.05, 4.69) is 10.6 Å². The number of aliphatic hydroxyl groups excluding tert-OH is 1. The molecule has 2 rings (SSSR count). The molecule has 34 heavy (non-hydrogen) atoms. The highest BCUT2D eigenvalue weighted by atomic mass is 16.5. The Balaban J connectivity index is 2.02. The van der Waals surface area contributed by atoms with E-state index in [4.69, 9.17) is 15.1 Å². The van der Waals surface area contributed by atoms with Crippen LogP contribution < -0.4 is 20.9 Å². The van der Waals surface area contributed by atoms with E-state index >= 15 is 0 Å². The van der Waals surface area contributed by atoms with Gasteiger partial charge in [-0.15, -0.1) is 0 Å². The molecule has 0 spiro atoms. The van der Waals surface area contributed by atoms with Gasteiger partial charge in [-0.05, 0) is 35.4 Å². The second-order valence-electron chi connectivity index (χ2n) is 7.29. The molecule has 0 aromatic heterocycles. The highest BCUT2D eigenvalue weighted by molar-refractivity contribution is 6.08. The number of likely N-dealkylation sites (N-methyl/N-ethyl adjacent to an activating group) is 1. The zero-order chi connectivity index (χ0) is 25.1. The Labute approximate surface area is 196 Å². The van der Waals surface area contributed by atoms with Gasteiger partial charge in [-0.3, -0.25) is 24.4 Å². The van der Waals surface area contributed by atoms with Crippen molar-refractivity contribution >= 4 is 23.6 Å². The number of aliphatic hydroxyl groups is 1. The summed E-state index contributed by atoms with van der Waals surface area (Å²) in [7, 11) is 1.55. The minimum absolute atomic E-state index is 0.0541. The van der Waals surface area contributed by atoms with Crippen LogP contribution in [-0.2, 0) is 14.4 Å². The van der Waals surface area contributed by atoms with Crippen LogP contribution in [0.1, 0.15) is 17.3 Å². The summed E-state index contributed by atoms with van der Waals surface area (Å²) in [5.41, 5.74) is 3.26. The van der Waals surface area contributed by atoms with E-state index in [0.29, 0.717) is 5.75 Å². The third-order valence-electron chi connectivity index (χ3n) is 4.89. The predicted octanol–water partition coefficient (Wildman–Crippen LogP) is -0.0770. The van der Waals surface area contributed by atoms with Crippen molar-refractivity contribution in [1.82, 2.24) is 21.0 Å². The maximum absolute atomic E-state index is 12.6. The van der Waals surface area contributed by atoms with Gasteiger partial charge in [0.1, 0.15) is 12.4 Å². The Morgan fingerprint density at radius 3 is 2.09 bits per heavy atom. The number of carbonyl (C=O) groups excluding carboxylic acids is 4. The number of carbonyl (C=O) groups is 4. The molecule has 0 radical (unpaired) electrons. The van der Waals surface area contributed by atoms with Crippen LogP contribution in [0.25, 0.3) is 11.1 Å². The van der Waals surface area contributed by atoms with Crippen molar-refractivity contribution in [2.75, 3.05) is 33.4 Å². The fourth-order valence-electron chi connectivity index (χ4n) is 2.86. The summed E-state index contributed by atoms with van der Waals surface area (Å²) >= 11 is 0. The molecule has 11 heteroatoms. The smallest absolute Gasteiger partial charge is 0.275 e. The molecule has 182 valence electrons. The second kappa shape index (κ2) is 12.9. The van der Waals surface area contributed by atoms with Crippen molar-refractivity contribution in [3.05, 3.63) is 54.1 Å². The molecule has 1 atom stereocenters. The molecule has 1 unspecified atom stereocenters. The van der Waals surface area contributed by atoms with Crippen molar-refractivity contribution in [1.29, 1.82) is 0 Å². The maximum atomic E-state index is 12.6. The van der Waals surface area contributed by atoms with E-state index in [1.807, 2.05) is 12.1 Å². The van der Waals surface area contributed by atoms with Crippen LogP contribution in [0.15, 0.2) is 48.5 Å². The van der Waals surface area contributed by atoms with Gasteiger partial charge in [0, 0.05) is 32.6 Å². The van der Waals surface area contributed by atoms with Gasteiger partial charge in [-0.2, -0.15) is 0 Å². The molecule has 0 aliphatic heterocycles. The predicted molar refractivity (Wildman–Crippen MR) is 122 cm³/mol. The Kier molecular flexibility index (Phi) is 9.99. The summed E-state index contributed by atoms with van der Waals surface area (Å²) in [5.74, 6) is -2.21. The molecule has 0 aliphatic rings. The lowest BCUT2D eigenvalue weighted by Crippen LogP contribution is -2.55.